The Labute approximate surface area is 277 Å². The maximum Gasteiger partial charge on any atom is 0.136 e. The van der Waals surface area contributed by atoms with Crippen LogP contribution in [0.1, 0.15) is 0 Å². The largest absolute Gasteiger partial charge is 0.456 e. The smallest absolute Gasteiger partial charge is 0.136 e. The summed E-state index contributed by atoms with van der Waals surface area (Å²) in [6.07, 6.45) is 0. The lowest BCUT2D eigenvalue weighted by Gasteiger charge is -2.19. The quantitative estimate of drug-likeness (QED) is 0.159. The number of rotatable bonds is 3. The van der Waals surface area contributed by atoms with Crippen LogP contribution < -0.4 is 5.73 Å². The van der Waals surface area contributed by atoms with E-state index in [-0.39, 0.29) is 0 Å². The molecule has 0 fully saturated rings. The summed E-state index contributed by atoms with van der Waals surface area (Å²) >= 11 is 0. The highest BCUT2D eigenvalue weighted by Crippen LogP contribution is 2.50. The fourth-order valence-electron chi connectivity index (χ4n) is 8.07. The van der Waals surface area contributed by atoms with Gasteiger partial charge >= 0.3 is 0 Å². The first kappa shape index (κ1) is 26.8. The van der Waals surface area contributed by atoms with Crippen molar-refractivity contribution in [3.05, 3.63) is 164 Å². The molecule has 0 aliphatic carbocycles. The zero-order valence-corrected chi connectivity index (χ0v) is 26.1. The molecule has 2 N–H and O–H groups in total. The van der Waals surface area contributed by atoms with Crippen LogP contribution in [0.25, 0.3) is 98.4 Å². The van der Waals surface area contributed by atoms with Gasteiger partial charge in [-0.25, -0.2) is 0 Å². The van der Waals surface area contributed by atoms with E-state index in [1.807, 2.05) is 0 Å². The van der Waals surface area contributed by atoms with Gasteiger partial charge in [-0.15, -0.1) is 0 Å². The molecular weight excluding hydrogens is 583 g/mol. The summed E-state index contributed by atoms with van der Waals surface area (Å²) in [5.74, 6) is 0. The highest BCUT2D eigenvalue weighted by atomic mass is 16.3. The monoisotopic (exact) mass is 611 g/mol. The summed E-state index contributed by atoms with van der Waals surface area (Å²) in [6.45, 7) is 0. The molecule has 10 rings (SSSR count). The van der Waals surface area contributed by atoms with Crippen LogP contribution in [-0.4, -0.2) is 0 Å². The predicted molar refractivity (Wildman–Crippen MR) is 204 cm³/mol. The van der Waals surface area contributed by atoms with Gasteiger partial charge in [0.2, 0.25) is 0 Å². The molecule has 48 heavy (non-hydrogen) atoms. The van der Waals surface area contributed by atoms with E-state index in [1.165, 1.54) is 43.8 Å². The summed E-state index contributed by atoms with van der Waals surface area (Å²) in [5.41, 5.74) is 16.6. The Morgan fingerprint density at radius 1 is 0.312 bits per heavy atom. The van der Waals surface area contributed by atoms with Gasteiger partial charge in [0.05, 0.1) is 0 Å². The third kappa shape index (κ3) is 3.74. The highest BCUT2D eigenvalue weighted by Gasteiger charge is 2.23. The zero-order valence-electron chi connectivity index (χ0n) is 26.1. The van der Waals surface area contributed by atoms with Gasteiger partial charge in [-0.05, 0) is 77.8 Å². The second-order valence-electron chi connectivity index (χ2n) is 12.5. The molecule has 2 nitrogen and oxygen atoms in total. The van der Waals surface area contributed by atoms with Crippen molar-refractivity contribution < 1.29 is 4.42 Å². The molecule has 1 heterocycles. The zero-order chi connectivity index (χ0) is 31.8. The van der Waals surface area contributed by atoms with Crippen LogP contribution in [0.3, 0.4) is 0 Å². The Bertz CT molecular complexity index is 2780. The minimum atomic E-state index is 0.811. The first-order chi connectivity index (χ1) is 23.8. The van der Waals surface area contributed by atoms with Crippen molar-refractivity contribution in [3.63, 3.8) is 0 Å². The lowest BCUT2D eigenvalue weighted by molar-refractivity contribution is 0.669. The van der Waals surface area contributed by atoms with E-state index in [1.54, 1.807) is 0 Å². The van der Waals surface area contributed by atoms with Gasteiger partial charge in [-0.3, -0.25) is 0 Å². The molecule has 0 bridgehead atoms. The third-order valence-electron chi connectivity index (χ3n) is 10.0. The van der Waals surface area contributed by atoms with E-state index in [0.717, 1.165) is 60.3 Å². The molecule has 0 atom stereocenters. The standard InChI is InChI=1S/C46H29NO/c47-46-35-22-10-8-20-33(35)43(34-21-9-11-23-36(34)46)38-25-13-27-40-45(38)44-37(24-12-26-39(44)48-40)42-31-18-6-4-16-29(31)41(28-14-2-1-3-15-28)30-17-5-7-19-32(30)42/h1-27H,47H2. The van der Waals surface area contributed by atoms with Gasteiger partial charge in [0.15, 0.2) is 0 Å². The number of benzene rings is 9. The highest BCUT2D eigenvalue weighted by molar-refractivity contribution is 6.29. The first-order valence-electron chi connectivity index (χ1n) is 16.4. The Balaban J connectivity index is 1.39. The number of anilines is 1. The summed E-state index contributed by atoms with van der Waals surface area (Å²) in [4.78, 5) is 0. The van der Waals surface area contributed by atoms with E-state index in [9.17, 15) is 0 Å². The molecule has 0 aliphatic heterocycles. The summed E-state index contributed by atoms with van der Waals surface area (Å²) in [6, 6.07) is 58.4. The van der Waals surface area contributed by atoms with E-state index in [2.05, 4.69) is 164 Å². The molecule has 10 aromatic rings. The predicted octanol–water partition coefficient (Wildman–Crippen LogP) is 12.8. The molecule has 0 aliphatic rings. The van der Waals surface area contributed by atoms with Crippen LogP contribution in [-0.2, 0) is 0 Å². The molecule has 0 radical (unpaired) electrons. The van der Waals surface area contributed by atoms with Crippen molar-refractivity contribution in [1.29, 1.82) is 0 Å². The van der Waals surface area contributed by atoms with Crippen LogP contribution in [0.5, 0.6) is 0 Å². The molecule has 224 valence electrons. The van der Waals surface area contributed by atoms with Gasteiger partial charge < -0.3 is 10.2 Å². The Hall–Kier alpha value is -6.38. The molecule has 9 aromatic carbocycles. The van der Waals surface area contributed by atoms with Crippen molar-refractivity contribution in [2.24, 2.45) is 0 Å². The van der Waals surface area contributed by atoms with Crippen LogP contribution in [0.2, 0.25) is 0 Å². The molecule has 0 spiro atoms. The molecule has 0 saturated heterocycles. The number of hydrogen-bond donors (Lipinski definition) is 1. The Kier molecular flexibility index (Phi) is 5.76. The SMILES string of the molecule is Nc1c2ccccc2c(-c2cccc3oc4cccc(-c5c6ccccc6c(-c6ccccc6)c6ccccc56)c4c23)c2ccccc12. The summed E-state index contributed by atoms with van der Waals surface area (Å²) in [7, 11) is 0. The van der Waals surface area contributed by atoms with E-state index in [0.29, 0.717) is 0 Å². The van der Waals surface area contributed by atoms with Crippen LogP contribution in [0.15, 0.2) is 168 Å². The number of furan rings is 1. The van der Waals surface area contributed by atoms with Crippen LogP contribution >= 0.6 is 0 Å². The van der Waals surface area contributed by atoms with Crippen LogP contribution in [0.4, 0.5) is 5.69 Å². The third-order valence-corrected chi connectivity index (χ3v) is 10.0. The van der Waals surface area contributed by atoms with Gasteiger partial charge in [-0.1, -0.05) is 152 Å². The second-order valence-corrected chi connectivity index (χ2v) is 12.5. The fourth-order valence-corrected chi connectivity index (χ4v) is 8.07. The molecule has 0 unspecified atom stereocenters. The molecule has 1 aromatic heterocycles. The Morgan fingerprint density at radius 3 is 1.10 bits per heavy atom. The summed E-state index contributed by atoms with van der Waals surface area (Å²) in [5, 5.41) is 11.5. The van der Waals surface area contributed by atoms with Gasteiger partial charge in [0.25, 0.3) is 0 Å². The van der Waals surface area contributed by atoms with E-state index >= 15 is 0 Å². The lowest BCUT2D eigenvalue weighted by Crippen LogP contribution is -1.94. The topological polar surface area (TPSA) is 39.2 Å². The van der Waals surface area contributed by atoms with E-state index < -0.39 is 0 Å². The van der Waals surface area contributed by atoms with Crippen molar-refractivity contribution in [1.82, 2.24) is 0 Å². The second kappa shape index (κ2) is 10.3. The minimum Gasteiger partial charge on any atom is -0.456 e. The van der Waals surface area contributed by atoms with Gasteiger partial charge in [-0.2, -0.15) is 0 Å². The van der Waals surface area contributed by atoms with Crippen molar-refractivity contribution in [3.8, 4) is 33.4 Å². The fraction of sp³-hybridized carbons (Fsp3) is 0. The maximum absolute atomic E-state index is 6.83. The van der Waals surface area contributed by atoms with Gasteiger partial charge in [0, 0.05) is 27.2 Å². The number of hydrogen-bond acceptors (Lipinski definition) is 2. The van der Waals surface area contributed by atoms with Crippen molar-refractivity contribution >= 4 is 70.7 Å². The maximum atomic E-state index is 6.83. The average molecular weight is 612 g/mol. The molecule has 2 heteroatoms. The summed E-state index contributed by atoms with van der Waals surface area (Å²) < 4.78 is 6.72. The minimum absolute atomic E-state index is 0.811. The van der Waals surface area contributed by atoms with Crippen molar-refractivity contribution in [2.45, 2.75) is 0 Å². The molecule has 0 saturated carbocycles. The lowest BCUT2D eigenvalue weighted by atomic mass is 9.84. The van der Waals surface area contributed by atoms with E-state index in [4.69, 9.17) is 10.2 Å². The average Bonchev–Trinajstić information content (AvgIpc) is 3.54. The molecule has 0 amide bonds. The Morgan fingerprint density at radius 2 is 0.667 bits per heavy atom. The first-order valence-corrected chi connectivity index (χ1v) is 16.4. The van der Waals surface area contributed by atoms with Crippen molar-refractivity contribution in [2.75, 3.05) is 5.73 Å². The molecular formula is C46H29NO. The number of nitrogen functional groups attached to an aromatic ring is 1. The number of nitrogens with two attached hydrogens (primary N) is 1. The van der Waals surface area contributed by atoms with Crippen LogP contribution in [0, 0.1) is 0 Å². The van der Waals surface area contributed by atoms with Gasteiger partial charge in [0.1, 0.15) is 11.2 Å². The number of fused-ring (bicyclic) bond motifs is 7. The normalized spacial score (nSPS) is 11.8.